The van der Waals surface area contributed by atoms with Crippen LogP contribution in [0.4, 0.5) is 23.2 Å². The van der Waals surface area contributed by atoms with Gasteiger partial charge in [0.2, 0.25) is 0 Å². The van der Waals surface area contributed by atoms with Gasteiger partial charge < -0.3 is 10.2 Å². The van der Waals surface area contributed by atoms with Crippen LogP contribution < -0.4 is 5.32 Å². The predicted molar refractivity (Wildman–Crippen MR) is 69.0 cm³/mol. The van der Waals surface area contributed by atoms with Crippen LogP contribution >= 0.6 is 0 Å². The Balaban J connectivity index is 2.24. The molecule has 0 amide bonds. The van der Waals surface area contributed by atoms with Crippen molar-refractivity contribution in [3.8, 4) is 0 Å². The normalized spacial score (nSPS) is 22.2. The molecule has 2 nitrogen and oxygen atoms in total. The van der Waals surface area contributed by atoms with E-state index in [2.05, 4.69) is 11.9 Å². The number of benzene rings is 1. The Labute approximate surface area is 115 Å². The van der Waals surface area contributed by atoms with E-state index in [0.29, 0.717) is 11.9 Å². The Morgan fingerprint density at radius 1 is 1.10 bits per heavy atom. The van der Waals surface area contributed by atoms with Gasteiger partial charge in [-0.15, -0.1) is 0 Å². The van der Waals surface area contributed by atoms with Crippen LogP contribution in [0, 0.1) is 23.3 Å². The molecule has 110 valence electrons. The van der Waals surface area contributed by atoms with E-state index in [1.54, 1.807) is 0 Å². The smallest absolute Gasteiger partial charge is 0.199 e. The zero-order valence-electron chi connectivity index (χ0n) is 11.3. The molecule has 1 fully saturated rings. The van der Waals surface area contributed by atoms with Gasteiger partial charge in [-0.1, -0.05) is 6.58 Å². The first-order valence-corrected chi connectivity index (χ1v) is 6.40. The fraction of sp³-hybridized carbons (Fsp3) is 0.429. The molecule has 0 bridgehead atoms. The highest BCUT2D eigenvalue weighted by Crippen LogP contribution is 2.29. The zero-order chi connectivity index (χ0) is 15.0. The number of likely N-dealkylation sites (tertiary alicyclic amines) is 1. The number of nitrogens with zero attached hydrogens (tertiary/aromatic N) is 1. The highest BCUT2D eigenvalue weighted by atomic mass is 19.2. The molecule has 1 aromatic rings. The Kier molecular flexibility index (Phi) is 3.92. The molecule has 6 heteroatoms. The van der Waals surface area contributed by atoms with E-state index in [4.69, 9.17) is 0 Å². The van der Waals surface area contributed by atoms with Crippen molar-refractivity contribution in [2.45, 2.75) is 38.8 Å². The average molecular weight is 288 g/mol. The minimum absolute atomic E-state index is 0.197. The van der Waals surface area contributed by atoms with E-state index in [1.165, 1.54) is 0 Å². The third kappa shape index (κ3) is 2.46. The molecule has 0 saturated carbocycles. The molecule has 1 heterocycles. The first-order chi connectivity index (χ1) is 9.32. The Bertz CT molecular complexity index is 534. The van der Waals surface area contributed by atoms with E-state index >= 15 is 0 Å². The second-order valence-electron chi connectivity index (χ2n) is 5.10. The largest absolute Gasteiger partial charge is 0.353 e. The summed E-state index contributed by atoms with van der Waals surface area (Å²) in [5.41, 5.74) is -0.460. The lowest BCUT2D eigenvalue weighted by atomic mass is 10.2. The molecule has 2 rings (SSSR count). The summed E-state index contributed by atoms with van der Waals surface area (Å²) in [4.78, 5) is 1.92. The summed E-state index contributed by atoms with van der Waals surface area (Å²) in [7, 11) is 0. The molecule has 1 aromatic carbocycles. The first-order valence-electron chi connectivity index (χ1n) is 6.40. The molecular weight excluding hydrogens is 272 g/mol. The molecule has 0 spiro atoms. The molecule has 1 aliphatic heterocycles. The quantitative estimate of drug-likeness (QED) is 0.514. The van der Waals surface area contributed by atoms with Crippen molar-refractivity contribution in [1.29, 1.82) is 0 Å². The predicted octanol–water partition coefficient (Wildman–Crippen LogP) is 4.00. The second kappa shape index (κ2) is 5.34. The highest BCUT2D eigenvalue weighted by Gasteiger charge is 2.29. The monoisotopic (exact) mass is 288 g/mol. The van der Waals surface area contributed by atoms with Crippen LogP contribution in [0.1, 0.15) is 26.7 Å². The Hall–Kier alpha value is -1.72. The first kappa shape index (κ1) is 14.7. The average Bonchev–Trinajstić information content (AvgIpc) is 2.73. The highest BCUT2D eigenvalue weighted by molar-refractivity contribution is 5.50. The van der Waals surface area contributed by atoms with Gasteiger partial charge in [0.15, 0.2) is 23.3 Å². The number of rotatable bonds is 3. The SMILES string of the molecule is C=C(Nc1cc(F)c(F)c(F)c1F)N1[C@H](C)CC[C@@H]1C. The van der Waals surface area contributed by atoms with Crippen LogP contribution in [-0.4, -0.2) is 17.0 Å². The molecule has 0 radical (unpaired) electrons. The van der Waals surface area contributed by atoms with Gasteiger partial charge in [-0.3, -0.25) is 0 Å². The summed E-state index contributed by atoms with van der Waals surface area (Å²) >= 11 is 0. The van der Waals surface area contributed by atoms with Gasteiger partial charge in [0.1, 0.15) is 0 Å². The van der Waals surface area contributed by atoms with Crippen molar-refractivity contribution >= 4 is 5.69 Å². The standard InChI is InChI=1S/C14H16F4N2/c1-7-4-5-8(2)20(7)9(3)19-11-6-10(15)12(16)14(18)13(11)17/h6-8,19H,3-5H2,1-2H3/t7-,8+. The maximum absolute atomic E-state index is 13.6. The Morgan fingerprint density at radius 3 is 2.20 bits per heavy atom. The molecule has 2 atom stereocenters. The number of nitrogens with one attached hydrogen (secondary N) is 1. The zero-order valence-corrected chi connectivity index (χ0v) is 11.3. The van der Waals surface area contributed by atoms with Gasteiger partial charge >= 0.3 is 0 Å². The summed E-state index contributed by atoms with van der Waals surface area (Å²) < 4.78 is 52.8. The molecular formula is C14H16F4N2. The van der Waals surface area contributed by atoms with E-state index in [-0.39, 0.29) is 12.1 Å². The van der Waals surface area contributed by atoms with Crippen LogP contribution in [-0.2, 0) is 0 Å². The third-order valence-corrected chi connectivity index (χ3v) is 3.65. The maximum atomic E-state index is 13.6. The molecule has 1 N–H and O–H groups in total. The fourth-order valence-electron chi connectivity index (χ4n) is 2.61. The number of halogens is 4. The van der Waals surface area contributed by atoms with Gasteiger partial charge in [-0.2, -0.15) is 0 Å². The summed E-state index contributed by atoms with van der Waals surface area (Å²) in [6, 6.07) is 0.982. The van der Waals surface area contributed by atoms with Crippen LogP contribution in [0.25, 0.3) is 0 Å². The molecule has 0 aliphatic carbocycles. The van der Waals surface area contributed by atoms with E-state index in [9.17, 15) is 17.6 Å². The van der Waals surface area contributed by atoms with Crippen molar-refractivity contribution in [1.82, 2.24) is 4.90 Å². The van der Waals surface area contributed by atoms with Gasteiger partial charge in [-0.25, -0.2) is 17.6 Å². The van der Waals surface area contributed by atoms with Gasteiger partial charge in [0.05, 0.1) is 11.5 Å². The lowest BCUT2D eigenvalue weighted by molar-refractivity contribution is 0.281. The van der Waals surface area contributed by atoms with Gasteiger partial charge in [-0.05, 0) is 26.7 Å². The minimum atomic E-state index is -1.83. The maximum Gasteiger partial charge on any atom is 0.199 e. The van der Waals surface area contributed by atoms with Crippen molar-refractivity contribution in [3.05, 3.63) is 41.7 Å². The van der Waals surface area contributed by atoms with E-state index in [1.807, 2.05) is 18.7 Å². The molecule has 1 saturated heterocycles. The van der Waals surface area contributed by atoms with E-state index < -0.39 is 29.0 Å². The summed E-state index contributed by atoms with van der Waals surface area (Å²) in [6.45, 7) is 7.73. The summed E-state index contributed by atoms with van der Waals surface area (Å²) in [5.74, 6) is -6.21. The topological polar surface area (TPSA) is 15.3 Å². The van der Waals surface area contributed by atoms with Crippen LogP contribution in [0.3, 0.4) is 0 Å². The number of hydrogen-bond donors (Lipinski definition) is 1. The number of hydrogen-bond acceptors (Lipinski definition) is 2. The second-order valence-corrected chi connectivity index (χ2v) is 5.10. The molecule has 0 aromatic heterocycles. The summed E-state index contributed by atoms with van der Waals surface area (Å²) in [6.07, 6.45) is 1.91. The van der Waals surface area contributed by atoms with Crippen LogP contribution in [0.15, 0.2) is 18.5 Å². The van der Waals surface area contributed by atoms with Crippen molar-refractivity contribution in [3.63, 3.8) is 0 Å². The third-order valence-electron chi connectivity index (χ3n) is 3.65. The van der Waals surface area contributed by atoms with Crippen LogP contribution in [0.2, 0.25) is 0 Å². The lowest BCUT2D eigenvalue weighted by Gasteiger charge is -2.31. The molecule has 0 unspecified atom stereocenters. The van der Waals surface area contributed by atoms with Crippen molar-refractivity contribution in [2.75, 3.05) is 5.32 Å². The fourth-order valence-corrected chi connectivity index (χ4v) is 2.61. The Morgan fingerprint density at radius 2 is 1.65 bits per heavy atom. The summed E-state index contributed by atoms with van der Waals surface area (Å²) in [5, 5.41) is 2.53. The van der Waals surface area contributed by atoms with E-state index in [0.717, 1.165) is 12.8 Å². The van der Waals surface area contributed by atoms with Gasteiger partial charge in [0, 0.05) is 18.2 Å². The minimum Gasteiger partial charge on any atom is -0.353 e. The van der Waals surface area contributed by atoms with Crippen molar-refractivity contribution < 1.29 is 17.6 Å². The van der Waals surface area contributed by atoms with Gasteiger partial charge in [0.25, 0.3) is 0 Å². The molecule has 1 aliphatic rings. The van der Waals surface area contributed by atoms with Crippen molar-refractivity contribution in [2.24, 2.45) is 0 Å². The number of anilines is 1. The van der Waals surface area contributed by atoms with Crippen LogP contribution in [0.5, 0.6) is 0 Å². The molecule has 20 heavy (non-hydrogen) atoms. The lowest BCUT2D eigenvalue weighted by Crippen LogP contribution is -2.34.